The van der Waals surface area contributed by atoms with Crippen LogP contribution in [0.15, 0.2) is 0 Å². The summed E-state index contributed by atoms with van der Waals surface area (Å²) in [6, 6.07) is 0. The molecule has 0 saturated heterocycles. The number of nitrogens with one attached hydrogen (secondary N) is 2. The summed E-state index contributed by atoms with van der Waals surface area (Å²) in [6.45, 7) is 5.08. The molecule has 0 fully saturated rings. The maximum atomic E-state index is 11.3. The van der Waals surface area contributed by atoms with Crippen LogP contribution in [0, 0.1) is 5.92 Å². The van der Waals surface area contributed by atoms with E-state index in [4.69, 9.17) is 5.73 Å². The molecule has 19 heavy (non-hydrogen) atoms. The monoisotopic (exact) mass is 293 g/mol. The number of halogens is 1. The third kappa shape index (κ3) is 15.1. The van der Waals surface area contributed by atoms with Crippen molar-refractivity contribution in [3.63, 3.8) is 0 Å². The molecule has 2 amide bonds. The lowest BCUT2D eigenvalue weighted by atomic mass is 10.0. The molecule has 6 heteroatoms. The number of carbonyl (C=O) groups is 2. The van der Waals surface area contributed by atoms with Gasteiger partial charge in [-0.25, -0.2) is 0 Å². The van der Waals surface area contributed by atoms with Crippen LogP contribution in [-0.2, 0) is 9.59 Å². The van der Waals surface area contributed by atoms with Crippen molar-refractivity contribution in [3.8, 4) is 0 Å². The predicted molar refractivity (Wildman–Crippen MR) is 80.2 cm³/mol. The van der Waals surface area contributed by atoms with E-state index in [1.807, 2.05) is 0 Å². The lowest BCUT2D eigenvalue weighted by Gasteiger charge is -2.07. The van der Waals surface area contributed by atoms with Crippen molar-refractivity contribution in [3.05, 3.63) is 0 Å². The molecule has 0 aromatic rings. The third-order valence-electron chi connectivity index (χ3n) is 2.66. The summed E-state index contributed by atoms with van der Waals surface area (Å²) < 4.78 is 0. The van der Waals surface area contributed by atoms with E-state index in [1.165, 1.54) is 19.3 Å². The first-order valence-corrected chi connectivity index (χ1v) is 6.79. The standard InChI is InChI=1S/C13H27N3O2.ClH/c1-11(2)7-5-3-4-6-8-15-13(18)10-16-12(17)9-14;/h11H,3-10,14H2,1-2H3,(H,15,18)(H,16,17);1H. The zero-order chi connectivity index (χ0) is 13.8. The van der Waals surface area contributed by atoms with Gasteiger partial charge in [-0.3, -0.25) is 9.59 Å². The van der Waals surface area contributed by atoms with Crippen LogP contribution < -0.4 is 16.4 Å². The van der Waals surface area contributed by atoms with Crippen LogP contribution in [0.25, 0.3) is 0 Å². The van der Waals surface area contributed by atoms with Crippen LogP contribution in [0.4, 0.5) is 0 Å². The number of carbonyl (C=O) groups excluding carboxylic acids is 2. The van der Waals surface area contributed by atoms with E-state index in [0.717, 1.165) is 18.8 Å². The molecular weight excluding hydrogens is 266 g/mol. The van der Waals surface area contributed by atoms with Crippen molar-refractivity contribution < 1.29 is 9.59 Å². The zero-order valence-corrected chi connectivity index (χ0v) is 12.9. The van der Waals surface area contributed by atoms with Gasteiger partial charge in [-0.15, -0.1) is 12.4 Å². The minimum absolute atomic E-state index is 0. The normalized spacial score (nSPS) is 9.89. The summed E-state index contributed by atoms with van der Waals surface area (Å²) >= 11 is 0. The number of nitrogens with two attached hydrogens (primary N) is 1. The Bertz CT molecular complexity index is 248. The number of hydrogen-bond donors (Lipinski definition) is 3. The molecular formula is C13H28ClN3O2. The van der Waals surface area contributed by atoms with Gasteiger partial charge in [0, 0.05) is 6.54 Å². The van der Waals surface area contributed by atoms with E-state index < -0.39 is 0 Å². The lowest BCUT2D eigenvalue weighted by Crippen LogP contribution is -2.39. The fraction of sp³-hybridized carbons (Fsp3) is 0.846. The van der Waals surface area contributed by atoms with Crippen molar-refractivity contribution in [2.75, 3.05) is 19.6 Å². The van der Waals surface area contributed by atoms with Crippen molar-refractivity contribution in [2.45, 2.75) is 46.0 Å². The molecule has 0 unspecified atom stereocenters. The van der Waals surface area contributed by atoms with Crippen LogP contribution in [0.5, 0.6) is 0 Å². The van der Waals surface area contributed by atoms with Gasteiger partial charge in [0.2, 0.25) is 11.8 Å². The van der Waals surface area contributed by atoms with Gasteiger partial charge in [-0.1, -0.05) is 39.5 Å². The van der Waals surface area contributed by atoms with Gasteiger partial charge in [-0.2, -0.15) is 0 Å². The first-order valence-electron chi connectivity index (χ1n) is 6.79. The highest BCUT2D eigenvalue weighted by Gasteiger charge is 2.02. The Morgan fingerprint density at radius 3 is 2.21 bits per heavy atom. The van der Waals surface area contributed by atoms with Gasteiger partial charge < -0.3 is 16.4 Å². The second-order valence-corrected chi connectivity index (χ2v) is 4.93. The summed E-state index contributed by atoms with van der Waals surface area (Å²) in [6.07, 6.45) is 5.89. The zero-order valence-electron chi connectivity index (χ0n) is 12.0. The third-order valence-corrected chi connectivity index (χ3v) is 2.66. The molecule has 0 bridgehead atoms. The minimum Gasteiger partial charge on any atom is -0.355 e. The second kappa shape index (κ2) is 13.6. The molecule has 0 saturated carbocycles. The average Bonchev–Trinajstić information content (AvgIpc) is 2.34. The van der Waals surface area contributed by atoms with E-state index in [0.29, 0.717) is 6.54 Å². The van der Waals surface area contributed by atoms with Gasteiger partial charge in [0.1, 0.15) is 0 Å². The summed E-state index contributed by atoms with van der Waals surface area (Å²) in [5.74, 6) is 0.314. The van der Waals surface area contributed by atoms with E-state index >= 15 is 0 Å². The SMILES string of the molecule is CC(C)CCCCCCNC(=O)CNC(=O)CN.Cl. The molecule has 0 aromatic heterocycles. The van der Waals surface area contributed by atoms with Gasteiger partial charge >= 0.3 is 0 Å². The van der Waals surface area contributed by atoms with Crippen molar-refractivity contribution in [1.29, 1.82) is 0 Å². The molecule has 0 aliphatic heterocycles. The molecule has 0 atom stereocenters. The fourth-order valence-electron chi connectivity index (χ4n) is 1.57. The summed E-state index contributed by atoms with van der Waals surface area (Å²) in [5, 5.41) is 5.20. The second-order valence-electron chi connectivity index (χ2n) is 4.93. The van der Waals surface area contributed by atoms with Crippen LogP contribution in [0.3, 0.4) is 0 Å². The minimum atomic E-state index is -0.307. The van der Waals surface area contributed by atoms with Crippen LogP contribution >= 0.6 is 12.4 Å². The Hall–Kier alpha value is -0.810. The van der Waals surface area contributed by atoms with E-state index in [-0.39, 0.29) is 37.3 Å². The maximum Gasteiger partial charge on any atom is 0.239 e. The Labute approximate surface area is 122 Å². The van der Waals surface area contributed by atoms with Crippen molar-refractivity contribution in [1.82, 2.24) is 10.6 Å². The van der Waals surface area contributed by atoms with Crippen molar-refractivity contribution in [2.24, 2.45) is 11.7 Å². The Morgan fingerprint density at radius 1 is 1.00 bits per heavy atom. The molecule has 0 heterocycles. The molecule has 114 valence electrons. The number of rotatable bonds is 10. The first-order chi connectivity index (χ1) is 8.56. The van der Waals surface area contributed by atoms with E-state index in [2.05, 4.69) is 24.5 Å². The summed E-state index contributed by atoms with van der Waals surface area (Å²) in [5.41, 5.74) is 5.10. The smallest absolute Gasteiger partial charge is 0.239 e. The van der Waals surface area contributed by atoms with E-state index in [9.17, 15) is 9.59 Å². The Balaban J connectivity index is 0. The highest BCUT2D eigenvalue weighted by atomic mass is 35.5. The molecule has 0 radical (unpaired) electrons. The topological polar surface area (TPSA) is 84.2 Å². The number of unbranched alkanes of at least 4 members (excludes halogenated alkanes) is 3. The molecule has 0 spiro atoms. The van der Waals surface area contributed by atoms with Gasteiger partial charge in [-0.05, 0) is 12.3 Å². The quantitative estimate of drug-likeness (QED) is 0.529. The van der Waals surface area contributed by atoms with Crippen LogP contribution in [-0.4, -0.2) is 31.4 Å². The largest absolute Gasteiger partial charge is 0.355 e. The molecule has 5 nitrogen and oxygen atoms in total. The fourth-order valence-corrected chi connectivity index (χ4v) is 1.57. The molecule has 0 aliphatic rings. The predicted octanol–water partition coefficient (Wildman–Crippen LogP) is 1.21. The average molecular weight is 294 g/mol. The van der Waals surface area contributed by atoms with Gasteiger partial charge in [0.25, 0.3) is 0 Å². The molecule has 0 aliphatic carbocycles. The van der Waals surface area contributed by atoms with E-state index in [1.54, 1.807) is 0 Å². The lowest BCUT2D eigenvalue weighted by molar-refractivity contribution is -0.125. The Kier molecular flexibility index (Phi) is 14.7. The Morgan fingerprint density at radius 2 is 1.63 bits per heavy atom. The van der Waals surface area contributed by atoms with Gasteiger partial charge in [0.15, 0.2) is 0 Å². The highest BCUT2D eigenvalue weighted by molar-refractivity contribution is 5.85. The summed E-state index contributed by atoms with van der Waals surface area (Å²) in [4.78, 5) is 22.1. The maximum absolute atomic E-state index is 11.3. The molecule has 0 rings (SSSR count). The van der Waals surface area contributed by atoms with Gasteiger partial charge in [0.05, 0.1) is 13.1 Å². The molecule has 4 N–H and O–H groups in total. The number of amides is 2. The summed E-state index contributed by atoms with van der Waals surface area (Å²) in [7, 11) is 0. The van der Waals surface area contributed by atoms with Crippen LogP contribution in [0.2, 0.25) is 0 Å². The highest BCUT2D eigenvalue weighted by Crippen LogP contribution is 2.08. The van der Waals surface area contributed by atoms with Crippen LogP contribution in [0.1, 0.15) is 46.0 Å². The first kappa shape index (κ1) is 20.5. The van der Waals surface area contributed by atoms with Crippen molar-refractivity contribution >= 4 is 24.2 Å². The number of hydrogen-bond acceptors (Lipinski definition) is 3. The molecule has 0 aromatic carbocycles.